The molecule has 0 aromatic carbocycles. The summed E-state index contributed by atoms with van der Waals surface area (Å²) in [5.74, 6) is -0.609. The van der Waals surface area contributed by atoms with Crippen molar-refractivity contribution < 1.29 is 8.78 Å². The van der Waals surface area contributed by atoms with Gasteiger partial charge in [-0.15, -0.1) is 0 Å². The van der Waals surface area contributed by atoms with E-state index in [1.165, 1.54) is 0 Å². The van der Waals surface area contributed by atoms with E-state index in [4.69, 9.17) is 0 Å². The Kier molecular flexibility index (Phi) is 3.19. The minimum atomic E-state index is -0.766. The molecule has 0 spiro atoms. The van der Waals surface area contributed by atoms with Gasteiger partial charge in [0.15, 0.2) is 0 Å². The summed E-state index contributed by atoms with van der Waals surface area (Å²) in [7, 11) is 0. The molecule has 0 atom stereocenters. The average Bonchev–Trinajstić information content (AvgIpc) is 1.68. The van der Waals surface area contributed by atoms with Gasteiger partial charge in [-0.05, 0) is 12.2 Å². The lowest BCUT2D eigenvalue weighted by atomic mass is 10.5. The van der Waals surface area contributed by atoms with Crippen LogP contribution in [0.2, 0.25) is 0 Å². The van der Waals surface area contributed by atoms with E-state index in [9.17, 15) is 8.78 Å². The fourth-order valence-electron chi connectivity index (χ4n) is 0.157. The molecule has 0 saturated carbocycles. The van der Waals surface area contributed by atoms with Crippen molar-refractivity contribution in [1.82, 2.24) is 0 Å². The van der Waals surface area contributed by atoms with E-state index in [1.807, 2.05) is 0 Å². The predicted molar refractivity (Wildman–Crippen MR) is 25.4 cm³/mol. The maximum Gasteiger partial charge on any atom is 0.121 e. The zero-order chi connectivity index (χ0) is 5.70. The lowest BCUT2D eigenvalue weighted by molar-refractivity contribution is 0.548. The van der Waals surface area contributed by atoms with Crippen LogP contribution in [0.15, 0.2) is 24.6 Å². The van der Waals surface area contributed by atoms with Gasteiger partial charge in [0, 0.05) is 0 Å². The molecule has 2 heteroatoms. The first kappa shape index (κ1) is 6.34. The van der Waals surface area contributed by atoms with Crippen LogP contribution in [-0.2, 0) is 0 Å². The van der Waals surface area contributed by atoms with Crippen LogP contribution in [0.1, 0.15) is 0 Å². The van der Waals surface area contributed by atoms with Gasteiger partial charge >= 0.3 is 0 Å². The number of hydrogen-bond acceptors (Lipinski definition) is 0. The summed E-state index contributed by atoms with van der Waals surface area (Å²) in [4.78, 5) is 0. The first-order valence-corrected chi connectivity index (χ1v) is 1.85. The Hall–Kier alpha value is -0.660. The number of halogens is 2. The second kappa shape index (κ2) is 3.53. The molecule has 40 valence electrons. The van der Waals surface area contributed by atoms with Crippen LogP contribution in [-0.4, -0.2) is 6.67 Å². The van der Waals surface area contributed by atoms with E-state index in [1.54, 1.807) is 0 Å². The van der Waals surface area contributed by atoms with E-state index >= 15 is 0 Å². The van der Waals surface area contributed by atoms with Crippen molar-refractivity contribution in [1.29, 1.82) is 0 Å². The highest BCUT2D eigenvalue weighted by molar-refractivity contribution is 5.06. The molecule has 0 N–H and O–H groups in total. The average molecular weight is 104 g/mol. The predicted octanol–water partition coefficient (Wildman–Crippen LogP) is 2.00. The molecule has 0 rings (SSSR count). The second-order valence-corrected chi connectivity index (χ2v) is 0.947. The fourth-order valence-corrected chi connectivity index (χ4v) is 0.157. The Morgan fingerprint density at radius 3 is 2.43 bits per heavy atom. The number of hydrogen-bond donors (Lipinski definition) is 0. The molecule has 0 aromatic heterocycles. The highest BCUT2D eigenvalue weighted by atomic mass is 19.1. The Morgan fingerprint density at radius 2 is 2.29 bits per heavy atom. The summed E-state index contributed by atoms with van der Waals surface area (Å²) in [6.07, 6.45) is 1.77. The zero-order valence-corrected chi connectivity index (χ0v) is 3.82. The number of alkyl halides is 1. The molecule has 0 aliphatic rings. The Morgan fingerprint density at radius 1 is 1.71 bits per heavy atom. The summed E-state index contributed by atoms with van der Waals surface area (Å²) in [5.41, 5.74) is 0. The molecule has 0 aliphatic heterocycles. The lowest BCUT2D eigenvalue weighted by Crippen LogP contribution is -1.64. The highest BCUT2D eigenvalue weighted by Crippen LogP contribution is 1.94. The Bertz CT molecular complexity index is 84.1. The summed E-state index contributed by atoms with van der Waals surface area (Å²) in [6.45, 7) is 2.30. The third-order valence-corrected chi connectivity index (χ3v) is 0.467. The van der Waals surface area contributed by atoms with Crippen molar-refractivity contribution in [2.24, 2.45) is 0 Å². The molecule has 0 amide bonds. The first-order valence-electron chi connectivity index (χ1n) is 1.85. The molecule has 0 bridgehead atoms. The molecule has 0 fully saturated rings. The topological polar surface area (TPSA) is 0 Å². The largest absolute Gasteiger partial charge is 0.246 e. The molecular formula is C5H6F2. The van der Waals surface area contributed by atoms with E-state index in [-0.39, 0.29) is 0 Å². The van der Waals surface area contributed by atoms with Gasteiger partial charge in [0.1, 0.15) is 12.5 Å². The quantitative estimate of drug-likeness (QED) is 0.470. The zero-order valence-electron chi connectivity index (χ0n) is 3.82. The minimum Gasteiger partial charge on any atom is -0.246 e. The van der Waals surface area contributed by atoms with Crippen molar-refractivity contribution in [3.8, 4) is 0 Å². The molecule has 0 heterocycles. The fraction of sp³-hybridized carbons (Fsp3) is 0.200. The van der Waals surface area contributed by atoms with E-state index in [0.29, 0.717) is 0 Å². The van der Waals surface area contributed by atoms with Gasteiger partial charge in [0.05, 0.1) is 0 Å². The van der Waals surface area contributed by atoms with Crippen LogP contribution in [0, 0.1) is 0 Å². The van der Waals surface area contributed by atoms with Crippen LogP contribution in [0.25, 0.3) is 0 Å². The monoisotopic (exact) mass is 104 g/mol. The van der Waals surface area contributed by atoms with E-state index in [0.717, 1.165) is 12.2 Å². The lowest BCUT2D eigenvalue weighted by Gasteiger charge is -1.76. The van der Waals surface area contributed by atoms with Gasteiger partial charge in [-0.25, -0.2) is 8.78 Å². The number of rotatable bonds is 2. The molecule has 0 radical (unpaired) electrons. The van der Waals surface area contributed by atoms with Crippen molar-refractivity contribution >= 4 is 0 Å². The highest BCUT2D eigenvalue weighted by Gasteiger charge is 1.79. The summed E-state index contributed by atoms with van der Waals surface area (Å²) < 4.78 is 22.7. The molecular weight excluding hydrogens is 98.1 g/mol. The SMILES string of the molecule is C=CC(F)=CCF. The van der Waals surface area contributed by atoms with Crippen molar-refractivity contribution in [2.75, 3.05) is 6.67 Å². The third kappa shape index (κ3) is 3.16. The Labute approximate surface area is 41.2 Å². The molecule has 0 saturated heterocycles. The maximum absolute atomic E-state index is 11.6. The van der Waals surface area contributed by atoms with Crippen LogP contribution in [0.3, 0.4) is 0 Å². The molecule has 0 unspecified atom stereocenters. The standard InChI is InChI=1S/C5H6F2/c1-2-5(7)3-4-6/h2-3H,1,4H2. The van der Waals surface area contributed by atoms with E-state index in [2.05, 4.69) is 6.58 Å². The second-order valence-electron chi connectivity index (χ2n) is 0.947. The smallest absolute Gasteiger partial charge is 0.121 e. The molecule has 0 aliphatic carbocycles. The van der Waals surface area contributed by atoms with Gasteiger partial charge in [0.2, 0.25) is 0 Å². The van der Waals surface area contributed by atoms with Crippen molar-refractivity contribution in [3.05, 3.63) is 24.6 Å². The van der Waals surface area contributed by atoms with E-state index < -0.39 is 12.5 Å². The van der Waals surface area contributed by atoms with Crippen LogP contribution >= 0.6 is 0 Å². The molecule has 0 aromatic rings. The maximum atomic E-state index is 11.6. The Balaban J connectivity index is 3.49. The minimum absolute atomic E-state index is 0.609. The van der Waals surface area contributed by atoms with Crippen molar-refractivity contribution in [3.63, 3.8) is 0 Å². The van der Waals surface area contributed by atoms with Gasteiger partial charge in [0.25, 0.3) is 0 Å². The van der Waals surface area contributed by atoms with Gasteiger partial charge in [-0.1, -0.05) is 6.58 Å². The number of allylic oxidation sites excluding steroid dienone is 3. The normalized spacial score (nSPS) is 11.4. The van der Waals surface area contributed by atoms with Crippen LogP contribution in [0.5, 0.6) is 0 Å². The summed E-state index contributed by atoms with van der Waals surface area (Å²) in [6, 6.07) is 0. The van der Waals surface area contributed by atoms with Gasteiger partial charge in [-0.2, -0.15) is 0 Å². The van der Waals surface area contributed by atoms with Crippen molar-refractivity contribution in [2.45, 2.75) is 0 Å². The summed E-state index contributed by atoms with van der Waals surface area (Å²) >= 11 is 0. The van der Waals surface area contributed by atoms with Gasteiger partial charge < -0.3 is 0 Å². The third-order valence-electron chi connectivity index (χ3n) is 0.467. The molecule has 0 nitrogen and oxygen atoms in total. The molecule has 7 heavy (non-hydrogen) atoms. The first-order chi connectivity index (χ1) is 3.31. The summed E-state index contributed by atoms with van der Waals surface area (Å²) in [5, 5.41) is 0. The van der Waals surface area contributed by atoms with Crippen LogP contribution < -0.4 is 0 Å². The van der Waals surface area contributed by atoms with Gasteiger partial charge in [-0.3, -0.25) is 0 Å². The van der Waals surface area contributed by atoms with Crippen LogP contribution in [0.4, 0.5) is 8.78 Å².